The molecule has 4 rings (SSSR count). The SMILES string of the molecule is CCC(=O)N1CC(Cc2cncc(N3C(=O)c4ccc(C#N)cc4C3(C)C)c2)C1. The van der Waals surface area contributed by atoms with Gasteiger partial charge in [0.05, 0.1) is 29.1 Å². The molecule has 0 spiro atoms. The lowest BCUT2D eigenvalue weighted by Gasteiger charge is -2.39. The van der Waals surface area contributed by atoms with E-state index < -0.39 is 5.54 Å². The Morgan fingerprint density at radius 2 is 2.03 bits per heavy atom. The van der Waals surface area contributed by atoms with Crippen LogP contribution in [-0.2, 0) is 16.8 Å². The Hall–Kier alpha value is -3.20. The molecule has 6 heteroatoms. The van der Waals surface area contributed by atoms with Gasteiger partial charge in [-0.2, -0.15) is 5.26 Å². The van der Waals surface area contributed by atoms with Crippen LogP contribution in [-0.4, -0.2) is 34.8 Å². The van der Waals surface area contributed by atoms with Crippen molar-refractivity contribution in [1.82, 2.24) is 9.88 Å². The Balaban J connectivity index is 1.57. The molecule has 2 amide bonds. The molecule has 2 aliphatic rings. The van der Waals surface area contributed by atoms with E-state index >= 15 is 0 Å². The molecule has 2 aromatic rings. The zero-order chi connectivity index (χ0) is 20.8. The van der Waals surface area contributed by atoms with Crippen molar-refractivity contribution in [3.8, 4) is 6.07 Å². The summed E-state index contributed by atoms with van der Waals surface area (Å²) in [5, 5.41) is 9.22. The quantitative estimate of drug-likeness (QED) is 0.805. The number of carbonyl (C=O) groups excluding carboxylic acids is 2. The number of likely N-dealkylation sites (tertiary alicyclic amines) is 1. The van der Waals surface area contributed by atoms with Gasteiger partial charge in [0, 0.05) is 31.3 Å². The minimum Gasteiger partial charge on any atom is -0.342 e. The maximum atomic E-state index is 13.1. The molecule has 1 aromatic carbocycles. The highest BCUT2D eigenvalue weighted by molar-refractivity contribution is 6.12. The number of benzene rings is 1. The molecular formula is C23H24N4O2. The second-order valence-electron chi connectivity index (χ2n) is 8.35. The normalized spacial score (nSPS) is 17.7. The molecule has 6 nitrogen and oxygen atoms in total. The van der Waals surface area contributed by atoms with Crippen molar-refractivity contribution >= 4 is 17.5 Å². The van der Waals surface area contributed by atoms with Gasteiger partial charge in [0.1, 0.15) is 0 Å². The van der Waals surface area contributed by atoms with E-state index in [1.807, 2.05) is 37.9 Å². The average molecular weight is 388 g/mol. The van der Waals surface area contributed by atoms with Gasteiger partial charge in [-0.3, -0.25) is 19.5 Å². The lowest BCUT2D eigenvalue weighted by Crippen LogP contribution is -2.50. The highest BCUT2D eigenvalue weighted by Crippen LogP contribution is 2.42. The van der Waals surface area contributed by atoms with Crippen LogP contribution in [0.4, 0.5) is 5.69 Å². The van der Waals surface area contributed by atoms with Crippen molar-refractivity contribution in [2.45, 2.75) is 39.2 Å². The molecule has 0 atom stereocenters. The minimum absolute atomic E-state index is 0.0724. The van der Waals surface area contributed by atoms with E-state index in [4.69, 9.17) is 0 Å². The topological polar surface area (TPSA) is 77.3 Å². The molecule has 2 aliphatic heterocycles. The maximum absolute atomic E-state index is 13.1. The number of pyridine rings is 1. The van der Waals surface area contributed by atoms with Gasteiger partial charge in [-0.05, 0) is 61.6 Å². The van der Waals surface area contributed by atoms with E-state index in [0.29, 0.717) is 23.5 Å². The van der Waals surface area contributed by atoms with Crippen molar-refractivity contribution < 1.29 is 9.59 Å². The van der Waals surface area contributed by atoms with Crippen LogP contribution >= 0.6 is 0 Å². The number of carbonyl (C=O) groups is 2. The predicted octanol–water partition coefficient (Wildman–Crippen LogP) is 3.26. The average Bonchev–Trinajstić information content (AvgIpc) is 2.89. The fourth-order valence-corrected chi connectivity index (χ4v) is 4.41. The van der Waals surface area contributed by atoms with Crippen LogP contribution in [0.1, 0.15) is 54.2 Å². The van der Waals surface area contributed by atoms with Gasteiger partial charge in [-0.1, -0.05) is 6.92 Å². The minimum atomic E-state index is -0.569. The molecule has 148 valence electrons. The Kier molecular flexibility index (Phi) is 4.62. The summed E-state index contributed by atoms with van der Waals surface area (Å²) in [6, 6.07) is 9.40. The van der Waals surface area contributed by atoms with Crippen LogP contribution in [0.15, 0.2) is 36.7 Å². The number of amides is 2. The molecule has 0 unspecified atom stereocenters. The first-order chi connectivity index (χ1) is 13.8. The Morgan fingerprint density at radius 1 is 1.28 bits per heavy atom. The van der Waals surface area contributed by atoms with Gasteiger partial charge in [0.15, 0.2) is 0 Å². The predicted molar refractivity (Wildman–Crippen MR) is 109 cm³/mol. The second kappa shape index (κ2) is 7.00. The number of fused-ring (bicyclic) bond motifs is 1. The molecule has 3 heterocycles. The van der Waals surface area contributed by atoms with Crippen molar-refractivity contribution in [2.75, 3.05) is 18.0 Å². The molecule has 1 fully saturated rings. The summed E-state index contributed by atoms with van der Waals surface area (Å²) in [5.74, 6) is 0.559. The van der Waals surface area contributed by atoms with Crippen molar-refractivity contribution in [1.29, 1.82) is 5.26 Å². The third kappa shape index (κ3) is 3.17. The molecular weight excluding hydrogens is 364 g/mol. The molecule has 0 radical (unpaired) electrons. The van der Waals surface area contributed by atoms with E-state index in [9.17, 15) is 14.9 Å². The van der Waals surface area contributed by atoms with E-state index in [1.54, 1.807) is 29.3 Å². The molecule has 1 saturated heterocycles. The fourth-order valence-electron chi connectivity index (χ4n) is 4.41. The van der Waals surface area contributed by atoms with E-state index in [0.717, 1.165) is 36.3 Å². The van der Waals surface area contributed by atoms with E-state index in [1.165, 1.54) is 0 Å². The first kappa shape index (κ1) is 19.1. The number of nitrogens with zero attached hydrogens (tertiary/aromatic N) is 4. The highest BCUT2D eigenvalue weighted by Gasteiger charge is 2.44. The lowest BCUT2D eigenvalue weighted by molar-refractivity contribution is -0.137. The van der Waals surface area contributed by atoms with Gasteiger partial charge in [0.25, 0.3) is 5.91 Å². The molecule has 0 aliphatic carbocycles. The number of rotatable bonds is 4. The van der Waals surface area contributed by atoms with Crippen molar-refractivity contribution in [2.24, 2.45) is 5.92 Å². The number of aromatic nitrogens is 1. The first-order valence-corrected chi connectivity index (χ1v) is 9.96. The third-order valence-corrected chi connectivity index (χ3v) is 5.98. The fraction of sp³-hybridized carbons (Fsp3) is 0.391. The molecule has 0 saturated carbocycles. The standard InChI is InChI=1S/C23H24N4O2/c1-4-21(28)26-13-17(14-26)7-16-8-18(12-25-11-16)27-22(29)19-6-5-15(10-24)9-20(19)23(27,2)3/h5-6,8-9,11-12,17H,4,7,13-14H2,1-3H3. The van der Waals surface area contributed by atoms with Crippen LogP contribution in [0.2, 0.25) is 0 Å². The molecule has 29 heavy (non-hydrogen) atoms. The number of hydrogen-bond donors (Lipinski definition) is 0. The maximum Gasteiger partial charge on any atom is 0.259 e. The summed E-state index contributed by atoms with van der Waals surface area (Å²) in [5.41, 5.74) is 3.29. The van der Waals surface area contributed by atoms with E-state index in [2.05, 4.69) is 11.1 Å². The summed E-state index contributed by atoms with van der Waals surface area (Å²) in [6.45, 7) is 7.44. The van der Waals surface area contributed by atoms with Gasteiger partial charge in [0.2, 0.25) is 5.91 Å². The van der Waals surface area contributed by atoms with Crippen LogP contribution in [0.5, 0.6) is 0 Å². The summed E-state index contributed by atoms with van der Waals surface area (Å²) < 4.78 is 0. The first-order valence-electron chi connectivity index (χ1n) is 9.96. The molecule has 0 N–H and O–H groups in total. The van der Waals surface area contributed by atoms with Gasteiger partial charge in [-0.25, -0.2) is 0 Å². The van der Waals surface area contributed by atoms with Gasteiger partial charge < -0.3 is 4.90 Å². The van der Waals surface area contributed by atoms with Crippen molar-refractivity contribution in [3.05, 3.63) is 58.9 Å². The lowest BCUT2D eigenvalue weighted by atomic mass is 9.91. The molecule has 0 bridgehead atoms. The summed E-state index contributed by atoms with van der Waals surface area (Å²) in [4.78, 5) is 32.9. The largest absolute Gasteiger partial charge is 0.342 e. The Morgan fingerprint density at radius 3 is 2.72 bits per heavy atom. The monoisotopic (exact) mass is 388 g/mol. The second-order valence-corrected chi connectivity index (χ2v) is 8.35. The van der Waals surface area contributed by atoms with Crippen molar-refractivity contribution in [3.63, 3.8) is 0 Å². The van der Waals surface area contributed by atoms with Crippen LogP contribution in [0, 0.1) is 17.2 Å². The summed E-state index contributed by atoms with van der Waals surface area (Å²) in [7, 11) is 0. The Bertz CT molecular complexity index is 1030. The zero-order valence-corrected chi connectivity index (χ0v) is 17.0. The third-order valence-electron chi connectivity index (χ3n) is 5.98. The Labute approximate surface area is 170 Å². The summed E-state index contributed by atoms with van der Waals surface area (Å²) in [6.07, 6.45) is 4.93. The van der Waals surface area contributed by atoms with Crippen LogP contribution in [0.25, 0.3) is 0 Å². The number of anilines is 1. The van der Waals surface area contributed by atoms with Crippen LogP contribution < -0.4 is 4.90 Å². The number of nitriles is 1. The van der Waals surface area contributed by atoms with Crippen LogP contribution in [0.3, 0.4) is 0 Å². The zero-order valence-electron chi connectivity index (χ0n) is 17.0. The van der Waals surface area contributed by atoms with Gasteiger partial charge >= 0.3 is 0 Å². The molecule has 1 aromatic heterocycles. The summed E-state index contributed by atoms with van der Waals surface area (Å²) >= 11 is 0. The number of hydrogen-bond acceptors (Lipinski definition) is 4. The van der Waals surface area contributed by atoms with Gasteiger partial charge in [-0.15, -0.1) is 0 Å². The highest BCUT2D eigenvalue weighted by atomic mass is 16.2. The smallest absolute Gasteiger partial charge is 0.259 e. The van der Waals surface area contributed by atoms with E-state index in [-0.39, 0.29) is 11.8 Å².